The van der Waals surface area contributed by atoms with Crippen LogP contribution in [0.3, 0.4) is 0 Å². The fraction of sp³-hybridized carbons (Fsp3) is 0.926. The van der Waals surface area contributed by atoms with Crippen LogP contribution in [0.15, 0.2) is 11.6 Å². The van der Waals surface area contributed by atoms with Gasteiger partial charge in [0.25, 0.3) is 0 Å². The molecular formula is C27H46O2. The van der Waals surface area contributed by atoms with Gasteiger partial charge in [0.1, 0.15) is 0 Å². The summed E-state index contributed by atoms with van der Waals surface area (Å²) in [7, 11) is 0. The van der Waals surface area contributed by atoms with Gasteiger partial charge in [0, 0.05) is 0 Å². The highest BCUT2D eigenvalue weighted by Gasteiger charge is 2.57. The topological polar surface area (TPSA) is 40.5 Å². The standard InChI is InChI=1S/C27H46O2/c1-17(2)6-11-25(28)18(3)23-9-10-24-22-8-7-19-16-26(4,29)14-12-20(19)21(22)13-15-27(23,24)5/h7,17-18,20-25,28-29H,6,8-16H2,1-5H3/t18-,20?,21+,22+,23+,24-,25?,26-,27+/m0/s1. The zero-order valence-electron chi connectivity index (χ0n) is 19.7. The van der Waals surface area contributed by atoms with Crippen molar-refractivity contribution in [2.24, 2.45) is 46.8 Å². The smallest absolute Gasteiger partial charge is 0.0657 e. The number of aliphatic hydroxyl groups is 2. The van der Waals surface area contributed by atoms with Gasteiger partial charge in [-0.3, -0.25) is 0 Å². The van der Waals surface area contributed by atoms with E-state index in [9.17, 15) is 10.2 Å². The summed E-state index contributed by atoms with van der Waals surface area (Å²) in [5.41, 5.74) is 1.53. The molecule has 0 spiro atoms. The van der Waals surface area contributed by atoms with E-state index in [2.05, 4.69) is 33.8 Å². The zero-order valence-corrected chi connectivity index (χ0v) is 19.7. The molecule has 0 saturated heterocycles. The Bertz CT molecular complexity index is 620. The van der Waals surface area contributed by atoms with Crippen molar-refractivity contribution in [3.8, 4) is 0 Å². The molecule has 4 rings (SSSR count). The van der Waals surface area contributed by atoms with Crippen LogP contribution in [-0.2, 0) is 0 Å². The van der Waals surface area contributed by atoms with Crippen molar-refractivity contribution in [1.82, 2.24) is 0 Å². The van der Waals surface area contributed by atoms with E-state index in [4.69, 9.17) is 0 Å². The van der Waals surface area contributed by atoms with Crippen molar-refractivity contribution >= 4 is 0 Å². The first-order valence-electron chi connectivity index (χ1n) is 12.7. The Morgan fingerprint density at radius 2 is 1.76 bits per heavy atom. The van der Waals surface area contributed by atoms with Gasteiger partial charge in [-0.25, -0.2) is 0 Å². The van der Waals surface area contributed by atoms with Crippen LogP contribution < -0.4 is 0 Å². The second-order valence-electron chi connectivity index (χ2n) is 12.4. The van der Waals surface area contributed by atoms with E-state index in [1.807, 2.05) is 6.92 Å². The molecule has 2 nitrogen and oxygen atoms in total. The molecule has 0 aliphatic heterocycles. The Labute approximate surface area is 179 Å². The molecule has 0 aromatic heterocycles. The minimum atomic E-state index is -0.474. The summed E-state index contributed by atoms with van der Waals surface area (Å²) in [4.78, 5) is 0. The van der Waals surface area contributed by atoms with Gasteiger partial charge in [-0.1, -0.05) is 39.3 Å². The molecular weight excluding hydrogens is 356 g/mol. The molecule has 0 heterocycles. The van der Waals surface area contributed by atoms with E-state index >= 15 is 0 Å². The van der Waals surface area contributed by atoms with E-state index in [-0.39, 0.29) is 6.10 Å². The molecule has 3 fully saturated rings. The van der Waals surface area contributed by atoms with Crippen molar-refractivity contribution in [2.75, 3.05) is 0 Å². The molecule has 2 heteroatoms. The molecule has 3 saturated carbocycles. The van der Waals surface area contributed by atoms with Crippen LogP contribution in [0.25, 0.3) is 0 Å². The summed E-state index contributed by atoms with van der Waals surface area (Å²) in [5, 5.41) is 21.5. The molecule has 4 aliphatic carbocycles. The van der Waals surface area contributed by atoms with Crippen molar-refractivity contribution in [3.05, 3.63) is 11.6 Å². The fourth-order valence-electron chi connectivity index (χ4n) is 8.41. The first-order chi connectivity index (χ1) is 13.6. The number of hydrogen-bond donors (Lipinski definition) is 2. The lowest BCUT2D eigenvalue weighted by molar-refractivity contribution is -0.0537. The van der Waals surface area contributed by atoms with Crippen LogP contribution in [0.5, 0.6) is 0 Å². The van der Waals surface area contributed by atoms with Gasteiger partial charge in [-0.05, 0) is 118 Å². The third-order valence-corrected chi connectivity index (χ3v) is 10.1. The predicted octanol–water partition coefficient (Wildman–Crippen LogP) is 6.36. The van der Waals surface area contributed by atoms with Crippen LogP contribution in [0.4, 0.5) is 0 Å². The van der Waals surface area contributed by atoms with Crippen molar-refractivity contribution in [2.45, 2.75) is 111 Å². The molecule has 2 unspecified atom stereocenters. The first-order valence-corrected chi connectivity index (χ1v) is 12.7. The van der Waals surface area contributed by atoms with Gasteiger partial charge in [0.2, 0.25) is 0 Å². The van der Waals surface area contributed by atoms with Crippen molar-refractivity contribution in [3.63, 3.8) is 0 Å². The Morgan fingerprint density at radius 1 is 1.00 bits per heavy atom. The van der Waals surface area contributed by atoms with Gasteiger partial charge in [-0.15, -0.1) is 0 Å². The van der Waals surface area contributed by atoms with Gasteiger partial charge in [0.15, 0.2) is 0 Å². The van der Waals surface area contributed by atoms with E-state index in [1.165, 1.54) is 38.5 Å². The quantitative estimate of drug-likeness (QED) is 0.525. The van der Waals surface area contributed by atoms with Crippen molar-refractivity contribution < 1.29 is 10.2 Å². The summed E-state index contributed by atoms with van der Waals surface area (Å²) >= 11 is 0. The maximum absolute atomic E-state index is 10.9. The summed E-state index contributed by atoms with van der Waals surface area (Å²) in [6, 6.07) is 0. The first kappa shape index (κ1) is 21.9. The molecule has 0 radical (unpaired) electrons. The number of rotatable bonds is 5. The molecule has 29 heavy (non-hydrogen) atoms. The Kier molecular flexibility index (Phi) is 6.01. The molecule has 166 valence electrons. The highest BCUT2D eigenvalue weighted by molar-refractivity contribution is 5.21. The molecule has 0 amide bonds. The second-order valence-corrected chi connectivity index (χ2v) is 12.4. The second kappa shape index (κ2) is 7.97. The number of allylic oxidation sites excluding steroid dienone is 1. The Morgan fingerprint density at radius 3 is 2.48 bits per heavy atom. The van der Waals surface area contributed by atoms with Crippen LogP contribution in [0, 0.1) is 46.8 Å². The molecule has 4 aliphatic rings. The summed E-state index contributed by atoms with van der Waals surface area (Å²) < 4.78 is 0. The maximum Gasteiger partial charge on any atom is 0.0657 e. The van der Waals surface area contributed by atoms with Crippen LogP contribution in [0.1, 0.15) is 98.8 Å². The molecule has 0 aromatic carbocycles. The van der Waals surface area contributed by atoms with Gasteiger partial charge in [0.05, 0.1) is 11.7 Å². The lowest BCUT2D eigenvalue weighted by Gasteiger charge is -2.55. The van der Waals surface area contributed by atoms with E-state index < -0.39 is 5.60 Å². The van der Waals surface area contributed by atoms with Crippen molar-refractivity contribution in [1.29, 1.82) is 0 Å². The Balaban J connectivity index is 1.48. The SMILES string of the molecule is CC(C)CCC(O)[C@@H](C)[C@H]1CC[C@H]2[C@@H]3CC=C4C[C@@](C)(O)CCC4[C@H]3CC[C@]12C. The third-order valence-electron chi connectivity index (χ3n) is 10.1. The minimum absolute atomic E-state index is 0.130. The van der Waals surface area contributed by atoms with Gasteiger partial charge >= 0.3 is 0 Å². The van der Waals surface area contributed by atoms with E-state index in [0.717, 1.165) is 49.4 Å². The van der Waals surface area contributed by atoms with Gasteiger partial charge in [-0.2, -0.15) is 0 Å². The maximum atomic E-state index is 10.9. The molecule has 2 N–H and O–H groups in total. The van der Waals surface area contributed by atoms with Crippen LogP contribution in [-0.4, -0.2) is 21.9 Å². The minimum Gasteiger partial charge on any atom is -0.393 e. The average Bonchev–Trinajstić information content (AvgIpc) is 3.01. The summed E-state index contributed by atoms with van der Waals surface area (Å²) in [6.45, 7) is 11.5. The summed E-state index contributed by atoms with van der Waals surface area (Å²) in [5.74, 6) is 5.07. The molecule has 9 atom stereocenters. The number of hydrogen-bond acceptors (Lipinski definition) is 2. The lowest BCUT2D eigenvalue weighted by Crippen LogP contribution is -2.48. The molecule has 0 bridgehead atoms. The fourth-order valence-corrected chi connectivity index (χ4v) is 8.41. The van der Waals surface area contributed by atoms with E-state index in [1.54, 1.807) is 5.57 Å². The van der Waals surface area contributed by atoms with E-state index in [0.29, 0.717) is 23.2 Å². The normalized spacial score (nSPS) is 46.5. The lowest BCUT2D eigenvalue weighted by atomic mass is 9.50. The van der Waals surface area contributed by atoms with Crippen LogP contribution >= 0.6 is 0 Å². The Hall–Kier alpha value is -0.340. The predicted molar refractivity (Wildman–Crippen MR) is 120 cm³/mol. The summed E-state index contributed by atoms with van der Waals surface area (Å²) in [6.07, 6.45) is 14.2. The average molecular weight is 403 g/mol. The molecule has 0 aromatic rings. The highest BCUT2D eigenvalue weighted by Crippen LogP contribution is 2.65. The van der Waals surface area contributed by atoms with Crippen LogP contribution in [0.2, 0.25) is 0 Å². The zero-order chi connectivity index (χ0) is 21.0. The third kappa shape index (κ3) is 3.98. The monoisotopic (exact) mass is 402 g/mol. The number of aliphatic hydroxyl groups excluding tert-OH is 1. The van der Waals surface area contributed by atoms with Gasteiger partial charge < -0.3 is 10.2 Å². The highest BCUT2D eigenvalue weighted by atomic mass is 16.3. The number of fused-ring (bicyclic) bond motifs is 5. The largest absolute Gasteiger partial charge is 0.393 e.